The van der Waals surface area contributed by atoms with Gasteiger partial charge >= 0.3 is 0 Å². The third kappa shape index (κ3) is 2.08. The van der Waals surface area contributed by atoms with Crippen molar-refractivity contribution in [3.8, 4) is 0 Å². The summed E-state index contributed by atoms with van der Waals surface area (Å²) in [5.41, 5.74) is -0.0158. The largest absolute Gasteiger partial charge is 0.353 e. The van der Waals surface area contributed by atoms with Gasteiger partial charge in [0.25, 0.3) is 0 Å². The van der Waals surface area contributed by atoms with Crippen LogP contribution in [-0.2, 0) is 0 Å². The summed E-state index contributed by atoms with van der Waals surface area (Å²) in [6.07, 6.45) is 0.876. The number of hydrogen-bond acceptors (Lipinski definition) is 4. The Kier molecular flexibility index (Phi) is 2.94. The lowest BCUT2D eigenvalue weighted by Gasteiger charge is -2.19. The van der Waals surface area contributed by atoms with Gasteiger partial charge in [0.2, 0.25) is 5.28 Å². The Labute approximate surface area is 117 Å². The van der Waals surface area contributed by atoms with Gasteiger partial charge in [0.05, 0.1) is 11.4 Å². The van der Waals surface area contributed by atoms with Gasteiger partial charge in [-0.05, 0) is 11.6 Å². The maximum atomic E-state index is 13.9. The van der Waals surface area contributed by atoms with Gasteiger partial charge in [0.15, 0.2) is 11.0 Å². The summed E-state index contributed by atoms with van der Waals surface area (Å²) in [6, 6.07) is -0.270. The minimum absolute atomic E-state index is 0.0158. The van der Waals surface area contributed by atoms with Gasteiger partial charge in [0, 0.05) is 19.7 Å². The molecule has 1 aliphatic carbocycles. The number of hydrogen-bond donors (Lipinski definition) is 0. The fourth-order valence-corrected chi connectivity index (χ4v) is 2.27. The highest BCUT2D eigenvalue weighted by molar-refractivity contribution is 6.30. The molecule has 0 N–H and O–H groups in total. The van der Waals surface area contributed by atoms with Crippen LogP contribution in [0.1, 0.15) is 6.42 Å². The van der Waals surface area contributed by atoms with E-state index in [0.29, 0.717) is 17.6 Å². The van der Waals surface area contributed by atoms with Crippen molar-refractivity contribution < 1.29 is 8.78 Å². The summed E-state index contributed by atoms with van der Waals surface area (Å²) in [5, 5.41) is -0.0508. The van der Waals surface area contributed by atoms with Crippen LogP contribution in [0, 0.1) is 5.82 Å². The smallest absolute Gasteiger partial charge is 0.225 e. The lowest BCUT2D eigenvalue weighted by atomic mass is 10.2. The first kappa shape index (κ1) is 12.7. The summed E-state index contributed by atoms with van der Waals surface area (Å²) in [4.78, 5) is 13.2. The maximum Gasteiger partial charge on any atom is 0.225 e. The Balaban J connectivity index is 2.21. The van der Waals surface area contributed by atoms with E-state index in [1.807, 2.05) is 0 Å². The zero-order valence-corrected chi connectivity index (χ0v) is 11.3. The monoisotopic (exact) mass is 304 g/mol. The number of fused-ring (bicyclic) bond motifs is 1. The fraction of sp³-hybridized carbons (Fsp3) is 0.364. The number of anilines is 1. The van der Waals surface area contributed by atoms with Crippen molar-refractivity contribution in [3.05, 3.63) is 22.5 Å². The Morgan fingerprint density at radius 3 is 2.68 bits per heavy atom. The summed E-state index contributed by atoms with van der Waals surface area (Å²) in [7, 11) is 1.68. The molecule has 8 heteroatoms. The Bertz CT molecular complexity index is 667. The minimum atomic E-state index is -0.904. The number of pyridine rings is 1. The molecule has 2 aromatic rings. The molecule has 100 valence electrons. The van der Waals surface area contributed by atoms with Crippen molar-refractivity contribution in [3.63, 3.8) is 0 Å². The van der Waals surface area contributed by atoms with Crippen LogP contribution in [0.15, 0.2) is 6.20 Å². The summed E-state index contributed by atoms with van der Waals surface area (Å²) in [5.74, 6) is -0.408. The molecule has 0 unspecified atom stereocenters. The maximum absolute atomic E-state index is 13.9. The van der Waals surface area contributed by atoms with Crippen molar-refractivity contribution >= 4 is 39.9 Å². The Morgan fingerprint density at radius 1 is 1.37 bits per heavy atom. The molecular formula is C11H8Cl2F2N4. The first-order chi connectivity index (χ1) is 8.99. The second kappa shape index (κ2) is 4.38. The topological polar surface area (TPSA) is 41.9 Å². The molecule has 2 heterocycles. The quantitative estimate of drug-likeness (QED) is 0.632. The summed E-state index contributed by atoms with van der Waals surface area (Å²) >= 11 is 11.4. The van der Waals surface area contributed by atoms with E-state index in [1.54, 1.807) is 11.9 Å². The standard InChI is InChI=1S/C11H8Cl2F2N4/c1-19(6-2-5(6)14)10-4-3-16-9(12)7(15)8(4)17-11(13)18-10/h3,5-6H,2H2,1H3/t5-,6-/m1/s1. The van der Waals surface area contributed by atoms with E-state index in [-0.39, 0.29) is 22.0 Å². The van der Waals surface area contributed by atoms with Crippen molar-refractivity contribution in [2.75, 3.05) is 11.9 Å². The second-order valence-corrected chi connectivity index (χ2v) is 5.07. The Morgan fingerprint density at radius 2 is 2.05 bits per heavy atom. The summed E-state index contributed by atoms with van der Waals surface area (Å²) in [6.45, 7) is 0. The number of aromatic nitrogens is 3. The number of nitrogens with zero attached hydrogens (tertiary/aromatic N) is 4. The van der Waals surface area contributed by atoms with Gasteiger partial charge in [-0.2, -0.15) is 4.98 Å². The molecular weight excluding hydrogens is 297 g/mol. The first-order valence-corrected chi connectivity index (χ1v) is 6.28. The molecule has 3 rings (SSSR count). The highest BCUT2D eigenvalue weighted by Crippen LogP contribution is 2.36. The van der Waals surface area contributed by atoms with Crippen molar-refractivity contribution in [2.24, 2.45) is 0 Å². The predicted molar refractivity (Wildman–Crippen MR) is 69.0 cm³/mol. The zero-order chi connectivity index (χ0) is 13.7. The van der Waals surface area contributed by atoms with Gasteiger partial charge in [-0.15, -0.1) is 0 Å². The molecule has 2 aromatic heterocycles. The number of rotatable bonds is 2. The third-order valence-electron chi connectivity index (χ3n) is 3.11. The van der Waals surface area contributed by atoms with Crippen molar-refractivity contribution in [1.29, 1.82) is 0 Å². The molecule has 0 aliphatic heterocycles. The van der Waals surface area contributed by atoms with Crippen LogP contribution in [0.25, 0.3) is 10.9 Å². The summed E-state index contributed by atoms with van der Waals surface area (Å²) < 4.78 is 27.0. The molecule has 0 spiro atoms. The molecule has 4 nitrogen and oxygen atoms in total. The molecule has 0 saturated heterocycles. The molecule has 2 atom stereocenters. The van der Waals surface area contributed by atoms with Gasteiger partial charge in [-0.3, -0.25) is 0 Å². The Hall–Kier alpha value is -1.27. The number of halogens is 4. The molecule has 0 aromatic carbocycles. The van der Waals surface area contributed by atoms with Gasteiger partial charge in [-0.1, -0.05) is 11.6 Å². The van der Waals surface area contributed by atoms with E-state index in [1.165, 1.54) is 6.20 Å². The van der Waals surface area contributed by atoms with Gasteiger partial charge in [0.1, 0.15) is 17.5 Å². The molecule has 1 saturated carbocycles. The van der Waals surface area contributed by atoms with Crippen LogP contribution in [-0.4, -0.2) is 34.2 Å². The van der Waals surface area contributed by atoms with E-state index in [4.69, 9.17) is 23.2 Å². The van der Waals surface area contributed by atoms with E-state index in [9.17, 15) is 8.78 Å². The van der Waals surface area contributed by atoms with Crippen LogP contribution < -0.4 is 4.90 Å². The second-order valence-electron chi connectivity index (χ2n) is 4.37. The fourth-order valence-electron chi connectivity index (χ4n) is 1.97. The van der Waals surface area contributed by atoms with Gasteiger partial charge in [-0.25, -0.2) is 18.7 Å². The van der Waals surface area contributed by atoms with E-state index in [2.05, 4.69) is 15.0 Å². The van der Waals surface area contributed by atoms with Crippen LogP contribution in [0.5, 0.6) is 0 Å². The van der Waals surface area contributed by atoms with E-state index in [0.717, 1.165) is 0 Å². The van der Waals surface area contributed by atoms with Crippen LogP contribution in [0.3, 0.4) is 0 Å². The SMILES string of the molecule is CN(c1nc(Cl)nc2c(F)c(Cl)ncc12)[C@@H]1C[C@H]1F. The molecule has 1 aliphatic rings. The molecule has 0 amide bonds. The minimum Gasteiger partial charge on any atom is -0.353 e. The lowest BCUT2D eigenvalue weighted by molar-refractivity contribution is 0.464. The van der Waals surface area contributed by atoms with Crippen molar-refractivity contribution in [2.45, 2.75) is 18.6 Å². The molecule has 0 radical (unpaired) electrons. The third-order valence-corrected chi connectivity index (χ3v) is 3.54. The van der Waals surface area contributed by atoms with Crippen LogP contribution in [0.4, 0.5) is 14.6 Å². The first-order valence-electron chi connectivity index (χ1n) is 5.53. The molecule has 19 heavy (non-hydrogen) atoms. The number of alkyl halides is 1. The van der Waals surface area contributed by atoms with E-state index < -0.39 is 12.0 Å². The normalized spacial score (nSPS) is 21.7. The zero-order valence-electron chi connectivity index (χ0n) is 9.74. The van der Waals surface area contributed by atoms with Crippen LogP contribution in [0.2, 0.25) is 10.4 Å². The van der Waals surface area contributed by atoms with E-state index >= 15 is 0 Å². The van der Waals surface area contributed by atoms with Crippen LogP contribution >= 0.6 is 23.2 Å². The average Bonchev–Trinajstić information content (AvgIpc) is 3.10. The van der Waals surface area contributed by atoms with Gasteiger partial charge < -0.3 is 4.90 Å². The highest BCUT2D eigenvalue weighted by atomic mass is 35.5. The highest BCUT2D eigenvalue weighted by Gasteiger charge is 2.42. The lowest BCUT2D eigenvalue weighted by Crippen LogP contribution is -2.23. The predicted octanol–water partition coefficient (Wildman–Crippen LogP) is 3.02. The average molecular weight is 305 g/mol. The van der Waals surface area contributed by atoms with Crippen molar-refractivity contribution in [1.82, 2.24) is 15.0 Å². The molecule has 0 bridgehead atoms. The molecule has 1 fully saturated rings.